The Kier molecular flexibility index (Phi) is 13.2. The number of hydrogen-bond donors (Lipinski definition) is 3. The summed E-state index contributed by atoms with van der Waals surface area (Å²) >= 11 is 0. The summed E-state index contributed by atoms with van der Waals surface area (Å²) < 4.78 is 11.3. The van der Waals surface area contributed by atoms with E-state index in [-0.39, 0.29) is 12.5 Å². The number of amides is 1. The number of aliphatic hydroxyl groups excluding tert-OH is 1. The van der Waals surface area contributed by atoms with Crippen LogP contribution in [0.1, 0.15) is 89.5 Å². The van der Waals surface area contributed by atoms with Gasteiger partial charge in [0.05, 0.1) is 7.11 Å². The van der Waals surface area contributed by atoms with E-state index in [1.165, 1.54) is 57.8 Å². The first-order valence-electron chi connectivity index (χ1n) is 12.6. The second-order valence-electron chi connectivity index (χ2n) is 8.99. The van der Waals surface area contributed by atoms with Crippen LogP contribution in [0.15, 0.2) is 18.2 Å². The Morgan fingerprint density at radius 2 is 1.84 bits per heavy atom. The first-order valence-corrected chi connectivity index (χ1v) is 12.6. The molecule has 1 aromatic rings. The minimum atomic E-state index is -0.567. The van der Waals surface area contributed by atoms with Gasteiger partial charge >= 0.3 is 0 Å². The van der Waals surface area contributed by atoms with Gasteiger partial charge in [-0.2, -0.15) is 0 Å². The van der Waals surface area contributed by atoms with Gasteiger partial charge in [0, 0.05) is 25.6 Å². The molecule has 182 valence electrons. The average Bonchev–Trinajstić information content (AvgIpc) is 2.83. The summed E-state index contributed by atoms with van der Waals surface area (Å²) in [6.07, 6.45) is 13.3. The monoisotopic (exact) mass is 448 g/mol. The van der Waals surface area contributed by atoms with Crippen molar-refractivity contribution in [2.75, 3.05) is 20.3 Å². The number of aliphatic hydroxyl groups is 1. The van der Waals surface area contributed by atoms with Gasteiger partial charge in [0.15, 0.2) is 11.5 Å². The third kappa shape index (κ3) is 10.7. The summed E-state index contributed by atoms with van der Waals surface area (Å²) in [5, 5.41) is 16.7. The lowest BCUT2D eigenvalue weighted by Crippen LogP contribution is -2.39. The van der Waals surface area contributed by atoms with E-state index in [0.29, 0.717) is 37.1 Å². The molecule has 1 fully saturated rings. The molecule has 1 saturated carbocycles. The molecule has 2 rings (SSSR count). The van der Waals surface area contributed by atoms with Crippen molar-refractivity contribution in [1.82, 2.24) is 10.6 Å². The fourth-order valence-electron chi connectivity index (χ4n) is 4.15. The van der Waals surface area contributed by atoms with Crippen molar-refractivity contribution in [3.05, 3.63) is 23.8 Å². The second-order valence-corrected chi connectivity index (χ2v) is 8.99. The van der Waals surface area contributed by atoms with Crippen molar-refractivity contribution >= 4 is 5.91 Å². The van der Waals surface area contributed by atoms with Crippen molar-refractivity contribution in [2.45, 2.75) is 103 Å². The van der Waals surface area contributed by atoms with Crippen LogP contribution in [0.25, 0.3) is 0 Å². The van der Waals surface area contributed by atoms with E-state index in [1.54, 1.807) is 7.11 Å². The standard InChI is InChI=1S/C26H44N2O4/c1-3-4-5-6-7-11-14-26(30)28-18-21-15-16-24(25(17-21)31-2)32-20-23(29)19-27-22-12-9-8-10-13-22/h15-17,22-23,27,29H,3-14,18-20H2,1-2H3,(H,28,30). The number of nitrogens with one attached hydrogen (secondary N) is 2. The Balaban J connectivity index is 1.68. The average molecular weight is 449 g/mol. The Morgan fingerprint density at radius 3 is 2.59 bits per heavy atom. The molecule has 1 unspecified atom stereocenters. The van der Waals surface area contributed by atoms with Crippen LogP contribution in [0.3, 0.4) is 0 Å². The van der Waals surface area contributed by atoms with E-state index in [4.69, 9.17) is 9.47 Å². The fraction of sp³-hybridized carbons (Fsp3) is 0.731. The zero-order chi connectivity index (χ0) is 23.0. The molecule has 0 saturated heterocycles. The van der Waals surface area contributed by atoms with E-state index < -0.39 is 6.10 Å². The number of methoxy groups -OCH3 is 1. The Hall–Kier alpha value is -1.79. The Bertz CT molecular complexity index is 647. The number of rotatable bonds is 16. The van der Waals surface area contributed by atoms with Crippen LogP contribution in [0.2, 0.25) is 0 Å². The molecule has 6 heteroatoms. The molecule has 1 aliphatic rings. The molecule has 6 nitrogen and oxygen atoms in total. The van der Waals surface area contributed by atoms with Gasteiger partial charge in [-0.1, -0.05) is 64.4 Å². The summed E-state index contributed by atoms with van der Waals surface area (Å²) in [6, 6.07) is 6.17. The van der Waals surface area contributed by atoms with Crippen LogP contribution in [0, 0.1) is 0 Å². The van der Waals surface area contributed by atoms with Gasteiger partial charge < -0.3 is 25.2 Å². The van der Waals surface area contributed by atoms with Gasteiger partial charge in [0.25, 0.3) is 0 Å². The summed E-state index contributed by atoms with van der Waals surface area (Å²) in [4.78, 5) is 12.1. The van der Waals surface area contributed by atoms with Crippen LogP contribution in [0.5, 0.6) is 11.5 Å². The van der Waals surface area contributed by atoms with E-state index >= 15 is 0 Å². The zero-order valence-corrected chi connectivity index (χ0v) is 20.2. The quantitative estimate of drug-likeness (QED) is 0.319. The van der Waals surface area contributed by atoms with Crippen molar-refractivity contribution in [1.29, 1.82) is 0 Å². The van der Waals surface area contributed by atoms with Crippen LogP contribution in [-0.4, -0.2) is 43.4 Å². The highest BCUT2D eigenvalue weighted by Crippen LogP contribution is 2.28. The molecule has 32 heavy (non-hydrogen) atoms. The van der Waals surface area contributed by atoms with Gasteiger partial charge in [-0.05, 0) is 37.0 Å². The zero-order valence-electron chi connectivity index (χ0n) is 20.2. The smallest absolute Gasteiger partial charge is 0.220 e. The molecule has 1 atom stereocenters. The molecule has 1 aromatic carbocycles. The SMILES string of the molecule is CCCCCCCCC(=O)NCc1ccc(OCC(O)CNC2CCCCC2)c(OC)c1. The van der Waals surface area contributed by atoms with Crippen LogP contribution < -0.4 is 20.1 Å². The first kappa shape index (κ1) is 26.5. The van der Waals surface area contributed by atoms with Gasteiger partial charge in [-0.3, -0.25) is 4.79 Å². The normalized spacial score (nSPS) is 15.3. The van der Waals surface area contributed by atoms with Crippen LogP contribution >= 0.6 is 0 Å². The van der Waals surface area contributed by atoms with Gasteiger partial charge in [0.1, 0.15) is 12.7 Å². The largest absolute Gasteiger partial charge is 0.493 e. The Labute approximate surface area is 194 Å². The number of carbonyl (C=O) groups excluding carboxylic acids is 1. The molecular formula is C26H44N2O4. The van der Waals surface area contributed by atoms with E-state index in [0.717, 1.165) is 18.4 Å². The fourth-order valence-corrected chi connectivity index (χ4v) is 4.15. The molecule has 1 aliphatic carbocycles. The van der Waals surface area contributed by atoms with Crippen LogP contribution in [-0.2, 0) is 11.3 Å². The highest BCUT2D eigenvalue weighted by atomic mass is 16.5. The minimum Gasteiger partial charge on any atom is -0.493 e. The molecular weight excluding hydrogens is 404 g/mol. The highest BCUT2D eigenvalue weighted by molar-refractivity contribution is 5.75. The molecule has 0 bridgehead atoms. The van der Waals surface area contributed by atoms with E-state index in [2.05, 4.69) is 17.6 Å². The second kappa shape index (κ2) is 15.9. The number of hydrogen-bond acceptors (Lipinski definition) is 5. The molecule has 0 radical (unpaired) electrons. The van der Waals surface area contributed by atoms with Crippen molar-refractivity contribution < 1.29 is 19.4 Å². The number of ether oxygens (including phenoxy) is 2. The number of unbranched alkanes of at least 4 members (excludes halogenated alkanes) is 5. The van der Waals surface area contributed by atoms with Crippen molar-refractivity contribution in [3.63, 3.8) is 0 Å². The number of benzene rings is 1. The van der Waals surface area contributed by atoms with E-state index in [1.807, 2.05) is 18.2 Å². The van der Waals surface area contributed by atoms with Gasteiger partial charge in [-0.25, -0.2) is 0 Å². The maximum atomic E-state index is 12.1. The lowest BCUT2D eigenvalue weighted by Gasteiger charge is -2.24. The molecule has 1 amide bonds. The van der Waals surface area contributed by atoms with Gasteiger partial charge in [0.2, 0.25) is 5.91 Å². The lowest BCUT2D eigenvalue weighted by molar-refractivity contribution is -0.121. The van der Waals surface area contributed by atoms with E-state index in [9.17, 15) is 9.90 Å². The lowest BCUT2D eigenvalue weighted by atomic mass is 9.95. The molecule has 0 aliphatic heterocycles. The Morgan fingerprint density at radius 1 is 1.09 bits per heavy atom. The third-order valence-electron chi connectivity index (χ3n) is 6.15. The summed E-state index contributed by atoms with van der Waals surface area (Å²) in [5.74, 6) is 1.31. The minimum absolute atomic E-state index is 0.0911. The summed E-state index contributed by atoms with van der Waals surface area (Å²) in [7, 11) is 1.60. The maximum absolute atomic E-state index is 12.1. The van der Waals surface area contributed by atoms with Gasteiger partial charge in [-0.15, -0.1) is 0 Å². The summed E-state index contributed by atoms with van der Waals surface area (Å²) in [5.41, 5.74) is 0.963. The van der Waals surface area contributed by atoms with Crippen molar-refractivity contribution in [3.8, 4) is 11.5 Å². The molecule has 0 aromatic heterocycles. The van der Waals surface area contributed by atoms with Crippen molar-refractivity contribution in [2.24, 2.45) is 0 Å². The predicted molar refractivity (Wildman–Crippen MR) is 129 cm³/mol. The molecule has 0 spiro atoms. The first-order chi connectivity index (χ1) is 15.6. The van der Waals surface area contributed by atoms with Crippen LogP contribution in [0.4, 0.5) is 0 Å². The summed E-state index contributed by atoms with van der Waals surface area (Å²) in [6.45, 7) is 3.43. The third-order valence-corrected chi connectivity index (χ3v) is 6.15. The molecule has 3 N–H and O–H groups in total. The maximum Gasteiger partial charge on any atom is 0.220 e. The number of carbonyl (C=O) groups is 1. The molecule has 0 heterocycles. The topological polar surface area (TPSA) is 79.8 Å². The predicted octanol–water partition coefficient (Wildman–Crippen LogP) is 4.72. The highest BCUT2D eigenvalue weighted by Gasteiger charge is 2.15.